The van der Waals surface area contributed by atoms with Crippen molar-refractivity contribution in [3.63, 3.8) is 0 Å². The van der Waals surface area contributed by atoms with Gasteiger partial charge in [-0.1, -0.05) is 0 Å². The summed E-state index contributed by atoms with van der Waals surface area (Å²) in [5.74, 6) is 3.87. The van der Waals surface area contributed by atoms with Crippen LogP contribution in [0.3, 0.4) is 0 Å². The fraction of sp³-hybridized carbons (Fsp3) is 0.429. The number of aromatic hydroxyl groups is 1. The van der Waals surface area contributed by atoms with Crippen LogP contribution in [0.5, 0.6) is 34.5 Å². The number of benzene rings is 2. The first kappa shape index (κ1) is 15.3. The second-order valence-corrected chi connectivity index (χ2v) is 8.18. The number of hydrogen-bond acceptors (Lipinski definition) is 6. The predicted molar refractivity (Wildman–Crippen MR) is 95.3 cm³/mol. The highest BCUT2D eigenvalue weighted by Gasteiger charge is 2.46. The zero-order valence-electron chi connectivity index (χ0n) is 15.2. The molecule has 0 bridgehead atoms. The topological polar surface area (TPSA) is 66.4 Å². The third-order valence-corrected chi connectivity index (χ3v) is 5.94. The van der Waals surface area contributed by atoms with E-state index in [9.17, 15) is 5.11 Å². The van der Waals surface area contributed by atoms with E-state index in [1.807, 2.05) is 12.1 Å². The number of phenolic OH excluding ortho intramolecular Hbond substituents is 1. The Morgan fingerprint density at radius 1 is 1.00 bits per heavy atom. The third kappa shape index (κ3) is 2.07. The zero-order chi connectivity index (χ0) is 18.3. The zero-order valence-corrected chi connectivity index (χ0v) is 15.2. The average Bonchev–Trinajstić information content (AvgIpc) is 3.21. The lowest BCUT2D eigenvalue weighted by atomic mass is 9.85. The fourth-order valence-corrected chi connectivity index (χ4v) is 4.51. The smallest absolute Gasteiger partial charge is 0.231 e. The summed E-state index contributed by atoms with van der Waals surface area (Å²) >= 11 is 0. The van der Waals surface area contributed by atoms with Gasteiger partial charge in [0.1, 0.15) is 34.7 Å². The Morgan fingerprint density at radius 3 is 2.67 bits per heavy atom. The minimum absolute atomic E-state index is 0.0456. The maximum atomic E-state index is 10.5. The van der Waals surface area contributed by atoms with E-state index >= 15 is 0 Å². The Kier molecular flexibility index (Phi) is 2.80. The van der Waals surface area contributed by atoms with E-state index in [0.29, 0.717) is 23.9 Å². The molecule has 6 heteroatoms. The summed E-state index contributed by atoms with van der Waals surface area (Å²) in [6.07, 6.45) is 1.40. The van der Waals surface area contributed by atoms with Crippen LogP contribution < -0.4 is 23.7 Å². The quantitative estimate of drug-likeness (QED) is 0.762. The Balaban J connectivity index is 1.50. The molecule has 2 aromatic carbocycles. The lowest BCUT2D eigenvalue weighted by Gasteiger charge is -2.37. The van der Waals surface area contributed by atoms with Crippen molar-refractivity contribution in [2.24, 2.45) is 0 Å². The lowest BCUT2D eigenvalue weighted by molar-refractivity contribution is 0.0706. The van der Waals surface area contributed by atoms with Gasteiger partial charge in [0.05, 0.1) is 18.1 Å². The Bertz CT molecular complexity index is 979. The van der Waals surface area contributed by atoms with Gasteiger partial charge in [-0.25, -0.2) is 0 Å². The molecule has 4 aliphatic rings. The summed E-state index contributed by atoms with van der Waals surface area (Å²) in [7, 11) is 0. The summed E-state index contributed by atoms with van der Waals surface area (Å²) in [6, 6.07) is 5.59. The molecule has 4 aliphatic heterocycles. The van der Waals surface area contributed by atoms with Crippen molar-refractivity contribution in [1.29, 1.82) is 0 Å². The molecule has 0 saturated carbocycles. The van der Waals surface area contributed by atoms with Gasteiger partial charge in [-0.15, -0.1) is 0 Å². The molecule has 0 radical (unpaired) electrons. The van der Waals surface area contributed by atoms with Gasteiger partial charge in [-0.05, 0) is 32.8 Å². The average molecular weight is 368 g/mol. The van der Waals surface area contributed by atoms with Crippen LogP contribution in [0, 0.1) is 0 Å². The molecule has 0 spiro atoms. The first-order valence-electron chi connectivity index (χ1n) is 9.31. The van der Waals surface area contributed by atoms with E-state index in [1.165, 1.54) is 0 Å². The highest BCUT2D eigenvalue weighted by atomic mass is 16.7. The van der Waals surface area contributed by atoms with Gasteiger partial charge in [0.25, 0.3) is 0 Å². The second-order valence-electron chi connectivity index (χ2n) is 8.18. The molecule has 0 amide bonds. The molecule has 0 aromatic heterocycles. The summed E-state index contributed by atoms with van der Waals surface area (Å²) < 4.78 is 29.7. The van der Waals surface area contributed by atoms with Crippen LogP contribution in [0.25, 0.3) is 0 Å². The summed E-state index contributed by atoms with van der Waals surface area (Å²) in [5, 5.41) is 10.5. The van der Waals surface area contributed by atoms with E-state index in [1.54, 1.807) is 6.07 Å². The van der Waals surface area contributed by atoms with E-state index < -0.39 is 0 Å². The number of fused-ring (bicyclic) bond motifs is 8. The molecule has 0 saturated heterocycles. The highest BCUT2D eigenvalue weighted by molar-refractivity contribution is 5.63. The molecule has 2 atom stereocenters. The molecule has 6 rings (SSSR count). The maximum absolute atomic E-state index is 10.5. The van der Waals surface area contributed by atoms with Crippen molar-refractivity contribution in [2.75, 3.05) is 13.4 Å². The highest BCUT2D eigenvalue weighted by Crippen LogP contribution is 2.58. The van der Waals surface area contributed by atoms with Gasteiger partial charge < -0.3 is 28.8 Å². The van der Waals surface area contributed by atoms with E-state index in [2.05, 4.69) is 13.8 Å². The molecule has 27 heavy (non-hydrogen) atoms. The van der Waals surface area contributed by atoms with Crippen molar-refractivity contribution in [3.8, 4) is 34.5 Å². The molecule has 2 unspecified atom stereocenters. The van der Waals surface area contributed by atoms with Crippen LogP contribution in [-0.2, 0) is 6.42 Å². The normalized spacial score (nSPS) is 25.3. The fourth-order valence-electron chi connectivity index (χ4n) is 4.51. The van der Waals surface area contributed by atoms with E-state index in [0.717, 1.165) is 41.0 Å². The van der Waals surface area contributed by atoms with Gasteiger partial charge in [0.15, 0.2) is 11.5 Å². The Morgan fingerprint density at radius 2 is 1.81 bits per heavy atom. The van der Waals surface area contributed by atoms with Crippen LogP contribution in [0.15, 0.2) is 18.2 Å². The summed E-state index contributed by atoms with van der Waals surface area (Å²) in [6.45, 7) is 4.85. The standard InChI is InChI=1S/C21H20O6/c1-21(2)4-3-10-13(22)6-17-18(20(10)27-21)19-12(8-23-17)11-5-15-16(25-9-24-15)7-14(11)26-19/h5-7,12,19,22H,3-4,8-9H2,1-2H3. The first-order chi connectivity index (χ1) is 13.0. The van der Waals surface area contributed by atoms with Gasteiger partial charge in [0.2, 0.25) is 6.79 Å². The molecule has 1 N–H and O–H groups in total. The number of rotatable bonds is 0. The number of ether oxygens (including phenoxy) is 5. The number of phenols is 1. The van der Waals surface area contributed by atoms with Crippen molar-refractivity contribution in [1.82, 2.24) is 0 Å². The van der Waals surface area contributed by atoms with Crippen LogP contribution in [-0.4, -0.2) is 24.1 Å². The molecule has 6 nitrogen and oxygen atoms in total. The van der Waals surface area contributed by atoms with Crippen molar-refractivity contribution < 1.29 is 28.8 Å². The van der Waals surface area contributed by atoms with Gasteiger partial charge in [-0.3, -0.25) is 0 Å². The molecule has 2 aromatic rings. The molecule has 4 heterocycles. The summed E-state index contributed by atoms with van der Waals surface area (Å²) in [4.78, 5) is 0. The Labute approximate surface area is 156 Å². The van der Waals surface area contributed by atoms with E-state index in [4.69, 9.17) is 23.7 Å². The summed E-state index contributed by atoms with van der Waals surface area (Å²) in [5.41, 5.74) is 2.50. The number of hydrogen-bond donors (Lipinski definition) is 1. The lowest BCUT2D eigenvalue weighted by Crippen LogP contribution is -2.34. The van der Waals surface area contributed by atoms with E-state index in [-0.39, 0.29) is 30.2 Å². The SMILES string of the molecule is CC1(C)CCc2c(O)cc3c(c2O1)C1Oc2cc4c(cc2C1CO3)OCO4. The molecule has 0 aliphatic carbocycles. The minimum Gasteiger partial charge on any atom is -0.507 e. The maximum Gasteiger partial charge on any atom is 0.231 e. The van der Waals surface area contributed by atoms with Gasteiger partial charge in [0, 0.05) is 23.3 Å². The Hall–Kier alpha value is -2.76. The second kappa shape index (κ2) is 4.94. The minimum atomic E-state index is -0.296. The van der Waals surface area contributed by atoms with Crippen LogP contribution in [0.2, 0.25) is 0 Å². The molecule has 140 valence electrons. The first-order valence-corrected chi connectivity index (χ1v) is 9.31. The predicted octanol–water partition coefficient (Wildman–Crippen LogP) is 3.83. The van der Waals surface area contributed by atoms with Crippen LogP contribution >= 0.6 is 0 Å². The van der Waals surface area contributed by atoms with Crippen molar-refractivity contribution >= 4 is 0 Å². The molecular weight excluding hydrogens is 348 g/mol. The van der Waals surface area contributed by atoms with Crippen LogP contribution in [0.1, 0.15) is 49.0 Å². The van der Waals surface area contributed by atoms with Crippen molar-refractivity contribution in [2.45, 2.75) is 44.3 Å². The van der Waals surface area contributed by atoms with Crippen LogP contribution in [0.4, 0.5) is 0 Å². The molecule has 0 fully saturated rings. The molecular formula is C21H20O6. The third-order valence-electron chi connectivity index (χ3n) is 5.94. The van der Waals surface area contributed by atoms with Crippen molar-refractivity contribution in [3.05, 3.63) is 34.9 Å². The monoisotopic (exact) mass is 368 g/mol. The largest absolute Gasteiger partial charge is 0.507 e. The van der Waals surface area contributed by atoms with Gasteiger partial charge >= 0.3 is 0 Å². The van der Waals surface area contributed by atoms with Gasteiger partial charge in [-0.2, -0.15) is 0 Å².